The highest BCUT2D eigenvalue weighted by atomic mass is 16.4. The zero-order chi connectivity index (χ0) is 12.8. The predicted molar refractivity (Wildman–Crippen MR) is 72.7 cm³/mol. The molecule has 1 saturated heterocycles. The largest absolute Gasteiger partial charge is 0.481 e. The topological polar surface area (TPSA) is 40.5 Å². The molecule has 104 valence electrons. The number of rotatable bonds is 3. The Balaban J connectivity index is 2.10. The Morgan fingerprint density at radius 2 is 1.39 bits per heavy atom. The molecule has 0 bridgehead atoms. The first kappa shape index (κ1) is 13.9. The second-order valence-corrected chi connectivity index (χ2v) is 6.11. The van der Waals surface area contributed by atoms with Crippen molar-refractivity contribution >= 4 is 5.97 Å². The Hall–Kier alpha value is -0.570. The SMILES string of the molecule is O=C(O)CC1(N2CCCCC2)CCCCCCC1. The van der Waals surface area contributed by atoms with E-state index in [4.69, 9.17) is 0 Å². The van der Waals surface area contributed by atoms with E-state index in [2.05, 4.69) is 4.90 Å². The first-order chi connectivity index (χ1) is 8.73. The monoisotopic (exact) mass is 253 g/mol. The third-order valence-corrected chi connectivity index (χ3v) is 4.79. The lowest BCUT2D eigenvalue weighted by molar-refractivity contribution is -0.141. The van der Waals surface area contributed by atoms with E-state index in [1.807, 2.05) is 0 Å². The van der Waals surface area contributed by atoms with Gasteiger partial charge in [-0.1, -0.05) is 38.5 Å². The number of nitrogens with zero attached hydrogens (tertiary/aromatic N) is 1. The molecule has 2 rings (SSSR count). The van der Waals surface area contributed by atoms with Gasteiger partial charge in [-0.15, -0.1) is 0 Å². The Labute approximate surface area is 111 Å². The van der Waals surface area contributed by atoms with E-state index in [0.717, 1.165) is 25.9 Å². The molecular weight excluding hydrogens is 226 g/mol. The summed E-state index contributed by atoms with van der Waals surface area (Å²) >= 11 is 0. The summed E-state index contributed by atoms with van der Waals surface area (Å²) in [5.74, 6) is -0.610. The highest BCUT2D eigenvalue weighted by Crippen LogP contribution is 2.36. The first-order valence-electron chi connectivity index (χ1n) is 7.70. The lowest BCUT2D eigenvalue weighted by Crippen LogP contribution is -2.52. The van der Waals surface area contributed by atoms with Crippen molar-refractivity contribution < 1.29 is 9.90 Å². The van der Waals surface area contributed by atoms with Gasteiger partial charge in [0.25, 0.3) is 0 Å². The number of carboxylic acids is 1. The van der Waals surface area contributed by atoms with Crippen LogP contribution in [0.1, 0.15) is 70.6 Å². The molecule has 1 heterocycles. The third-order valence-electron chi connectivity index (χ3n) is 4.79. The molecule has 0 atom stereocenters. The van der Waals surface area contributed by atoms with Gasteiger partial charge in [0.1, 0.15) is 0 Å². The van der Waals surface area contributed by atoms with Gasteiger partial charge in [-0.2, -0.15) is 0 Å². The number of piperidine rings is 1. The molecule has 1 N–H and O–H groups in total. The van der Waals surface area contributed by atoms with Crippen molar-refractivity contribution in [3.8, 4) is 0 Å². The Morgan fingerprint density at radius 3 is 1.94 bits per heavy atom. The number of carbonyl (C=O) groups is 1. The summed E-state index contributed by atoms with van der Waals surface area (Å²) in [6, 6.07) is 0. The molecule has 0 aromatic rings. The van der Waals surface area contributed by atoms with Gasteiger partial charge >= 0.3 is 5.97 Å². The minimum atomic E-state index is -0.610. The Bertz CT molecular complexity index is 264. The van der Waals surface area contributed by atoms with Crippen molar-refractivity contribution in [3.63, 3.8) is 0 Å². The van der Waals surface area contributed by atoms with Gasteiger partial charge < -0.3 is 5.11 Å². The molecule has 0 radical (unpaired) electrons. The molecular formula is C15H27NO2. The molecule has 0 spiro atoms. The fraction of sp³-hybridized carbons (Fsp3) is 0.933. The quantitative estimate of drug-likeness (QED) is 0.837. The zero-order valence-electron chi connectivity index (χ0n) is 11.5. The van der Waals surface area contributed by atoms with Crippen molar-refractivity contribution in [3.05, 3.63) is 0 Å². The van der Waals surface area contributed by atoms with Gasteiger partial charge in [-0.25, -0.2) is 0 Å². The van der Waals surface area contributed by atoms with Crippen LogP contribution in [-0.2, 0) is 4.79 Å². The zero-order valence-corrected chi connectivity index (χ0v) is 11.5. The van der Waals surface area contributed by atoms with E-state index in [1.165, 1.54) is 51.4 Å². The van der Waals surface area contributed by atoms with Crippen LogP contribution < -0.4 is 0 Å². The van der Waals surface area contributed by atoms with Crippen LogP contribution in [0.25, 0.3) is 0 Å². The summed E-state index contributed by atoms with van der Waals surface area (Å²) in [6.45, 7) is 2.24. The van der Waals surface area contributed by atoms with E-state index in [1.54, 1.807) is 0 Å². The van der Waals surface area contributed by atoms with Crippen LogP contribution >= 0.6 is 0 Å². The predicted octanol–water partition coefficient (Wildman–Crippen LogP) is 3.43. The minimum Gasteiger partial charge on any atom is -0.481 e. The average molecular weight is 253 g/mol. The Morgan fingerprint density at radius 1 is 0.889 bits per heavy atom. The molecule has 0 aromatic heterocycles. The second kappa shape index (κ2) is 6.55. The number of carboxylic acid groups (broad SMARTS) is 1. The third kappa shape index (κ3) is 3.47. The molecule has 18 heavy (non-hydrogen) atoms. The van der Waals surface area contributed by atoms with Crippen LogP contribution in [0.2, 0.25) is 0 Å². The van der Waals surface area contributed by atoms with Crippen LogP contribution in [0, 0.1) is 0 Å². The maximum absolute atomic E-state index is 11.3. The summed E-state index contributed by atoms with van der Waals surface area (Å²) in [7, 11) is 0. The first-order valence-corrected chi connectivity index (χ1v) is 7.70. The molecule has 3 heteroatoms. The van der Waals surface area contributed by atoms with Crippen LogP contribution in [0.4, 0.5) is 0 Å². The van der Waals surface area contributed by atoms with Gasteiger partial charge in [0, 0.05) is 5.54 Å². The molecule has 1 saturated carbocycles. The van der Waals surface area contributed by atoms with Gasteiger partial charge in [0.2, 0.25) is 0 Å². The fourth-order valence-electron chi connectivity index (χ4n) is 3.82. The van der Waals surface area contributed by atoms with Crippen molar-refractivity contribution in [2.24, 2.45) is 0 Å². The number of hydrogen-bond acceptors (Lipinski definition) is 2. The van der Waals surface area contributed by atoms with Gasteiger partial charge in [-0.05, 0) is 38.8 Å². The van der Waals surface area contributed by atoms with Crippen LogP contribution in [0.15, 0.2) is 0 Å². The van der Waals surface area contributed by atoms with Gasteiger partial charge in [-0.3, -0.25) is 9.69 Å². The normalized spacial score (nSPS) is 26.2. The number of hydrogen-bond donors (Lipinski definition) is 1. The summed E-state index contributed by atoms with van der Waals surface area (Å²) < 4.78 is 0. The maximum Gasteiger partial charge on any atom is 0.305 e. The van der Waals surface area contributed by atoms with Crippen molar-refractivity contribution in [1.29, 1.82) is 0 Å². The highest BCUT2D eigenvalue weighted by Gasteiger charge is 2.38. The second-order valence-electron chi connectivity index (χ2n) is 6.11. The Kier molecular flexibility index (Phi) is 5.04. The molecule has 0 aromatic carbocycles. The van der Waals surface area contributed by atoms with E-state index in [9.17, 15) is 9.90 Å². The minimum absolute atomic E-state index is 0.0212. The maximum atomic E-state index is 11.3. The van der Waals surface area contributed by atoms with Crippen LogP contribution in [-0.4, -0.2) is 34.6 Å². The van der Waals surface area contributed by atoms with E-state index < -0.39 is 5.97 Å². The highest BCUT2D eigenvalue weighted by molar-refractivity contribution is 5.68. The van der Waals surface area contributed by atoms with E-state index >= 15 is 0 Å². The fourth-order valence-corrected chi connectivity index (χ4v) is 3.82. The van der Waals surface area contributed by atoms with Crippen LogP contribution in [0.3, 0.4) is 0 Å². The molecule has 1 aliphatic carbocycles. The molecule has 3 nitrogen and oxygen atoms in total. The standard InChI is InChI=1S/C15H27NO2/c17-14(18)13-15(16-11-7-4-8-12-16)9-5-2-1-3-6-10-15/h1-13H2,(H,17,18). The summed E-state index contributed by atoms with van der Waals surface area (Å²) in [6.07, 6.45) is 12.7. The molecule has 1 aliphatic heterocycles. The molecule has 2 fully saturated rings. The van der Waals surface area contributed by atoms with Gasteiger partial charge in [0.15, 0.2) is 0 Å². The smallest absolute Gasteiger partial charge is 0.305 e. The van der Waals surface area contributed by atoms with Crippen molar-refractivity contribution in [2.75, 3.05) is 13.1 Å². The van der Waals surface area contributed by atoms with Gasteiger partial charge in [0.05, 0.1) is 6.42 Å². The lowest BCUT2D eigenvalue weighted by Gasteiger charge is -2.46. The molecule has 2 aliphatic rings. The number of aliphatic carboxylic acids is 1. The van der Waals surface area contributed by atoms with Crippen LogP contribution in [0.5, 0.6) is 0 Å². The average Bonchev–Trinajstić information content (AvgIpc) is 2.33. The molecule has 0 amide bonds. The van der Waals surface area contributed by atoms with E-state index in [-0.39, 0.29) is 5.54 Å². The summed E-state index contributed by atoms with van der Waals surface area (Å²) in [4.78, 5) is 13.8. The summed E-state index contributed by atoms with van der Waals surface area (Å²) in [5, 5.41) is 9.30. The lowest BCUT2D eigenvalue weighted by atomic mass is 9.79. The number of likely N-dealkylation sites (tertiary alicyclic amines) is 1. The van der Waals surface area contributed by atoms with Crippen molar-refractivity contribution in [2.45, 2.75) is 76.2 Å². The van der Waals surface area contributed by atoms with E-state index in [0.29, 0.717) is 6.42 Å². The van der Waals surface area contributed by atoms with Crippen molar-refractivity contribution in [1.82, 2.24) is 4.90 Å². The summed E-state index contributed by atoms with van der Waals surface area (Å²) in [5.41, 5.74) is -0.0212. The molecule has 0 unspecified atom stereocenters.